The Morgan fingerprint density at radius 2 is 1.89 bits per heavy atom. The van der Waals surface area contributed by atoms with Crippen molar-refractivity contribution in [3.05, 3.63) is 64.3 Å². The van der Waals surface area contributed by atoms with Crippen molar-refractivity contribution in [2.75, 3.05) is 13.7 Å². The molecule has 7 heteroatoms. The van der Waals surface area contributed by atoms with Crippen molar-refractivity contribution in [2.45, 2.75) is 13.5 Å². The number of hydrogen-bond donors (Lipinski definition) is 0. The molecule has 0 radical (unpaired) electrons. The van der Waals surface area contributed by atoms with Gasteiger partial charge >= 0.3 is 0 Å². The Morgan fingerprint density at radius 3 is 2.56 bits per heavy atom. The second kappa shape index (κ2) is 8.26. The molecule has 1 aliphatic rings. The quantitative estimate of drug-likeness (QED) is 0.685. The third-order valence-electron chi connectivity index (χ3n) is 3.93. The van der Waals surface area contributed by atoms with Gasteiger partial charge in [-0.25, -0.2) is 4.39 Å². The van der Waals surface area contributed by atoms with Gasteiger partial charge in [-0.15, -0.1) is 0 Å². The Bertz CT molecular complexity index is 895. The normalized spacial score (nSPS) is 15.5. The number of rotatable bonds is 6. The van der Waals surface area contributed by atoms with Crippen molar-refractivity contribution in [1.29, 1.82) is 0 Å². The molecule has 27 heavy (non-hydrogen) atoms. The molecule has 0 saturated carbocycles. The van der Waals surface area contributed by atoms with E-state index in [1.807, 2.05) is 6.92 Å². The third kappa shape index (κ3) is 4.14. The first kappa shape index (κ1) is 19.0. The van der Waals surface area contributed by atoms with Gasteiger partial charge in [-0.2, -0.15) is 0 Å². The van der Waals surface area contributed by atoms with Gasteiger partial charge in [0.25, 0.3) is 11.1 Å². The minimum Gasteiger partial charge on any atom is -0.493 e. The number of ether oxygens (including phenoxy) is 2. The molecule has 0 atom stereocenters. The predicted molar refractivity (Wildman–Crippen MR) is 102 cm³/mol. The third-order valence-corrected chi connectivity index (χ3v) is 4.84. The van der Waals surface area contributed by atoms with E-state index in [1.54, 1.807) is 36.4 Å². The van der Waals surface area contributed by atoms with Gasteiger partial charge in [0.15, 0.2) is 11.5 Å². The second-order valence-electron chi connectivity index (χ2n) is 5.71. The van der Waals surface area contributed by atoms with Crippen LogP contribution in [0, 0.1) is 5.82 Å². The molecule has 2 aromatic rings. The van der Waals surface area contributed by atoms with Crippen LogP contribution in [0.1, 0.15) is 18.1 Å². The average molecular weight is 387 g/mol. The molecule has 2 amide bonds. The summed E-state index contributed by atoms with van der Waals surface area (Å²) in [6.45, 7) is 2.39. The van der Waals surface area contributed by atoms with Gasteiger partial charge in [0.2, 0.25) is 0 Å². The van der Waals surface area contributed by atoms with Crippen LogP contribution in [0.25, 0.3) is 6.08 Å². The van der Waals surface area contributed by atoms with Crippen molar-refractivity contribution in [2.24, 2.45) is 0 Å². The number of carbonyl (C=O) groups excluding carboxylic acids is 2. The standard InChI is InChI=1S/C20H18FNO4S/c1-3-26-18-14(5-4-6-16(18)25-2)11-17-19(23)22(20(24)27-17)12-13-7-9-15(21)10-8-13/h4-11H,3,12H2,1-2H3/b17-11+. The number of carbonyl (C=O) groups is 2. The summed E-state index contributed by atoms with van der Waals surface area (Å²) >= 11 is 0.867. The molecular weight excluding hydrogens is 369 g/mol. The van der Waals surface area contributed by atoms with Crippen LogP contribution in [-0.4, -0.2) is 29.8 Å². The Hall–Kier alpha value is -2.80. The maximum absolute atomic E-state index is 13.0. The van der Waals surface area contributed by atoms with E-state index in [0.29, 0.717) is 34.1 Å². The number of benzene rings is 2. The Balaban J connectivity index is 1.87. The summed E-state index contributed by atoms with van der Waals surface area (Å²) < 4.78 is 24.0. The van der Waals surface area contributed by atoms with Gasteiger partial charge in [-0.05, 0) is 48.5 Å². The highest BCUT2D eigenvalue weighted by Crippen LogP contribution is 2.37. The summed E-state index contributed by atoms with van der Waals surface area (Å²) in [5.41, 5.74) is 1.33. The fraction of sp³-hybridized carbons (Fsp3) is 0.200. The van der Waals surface area contributed by atoms with Crippen molar-refractivity contribution in [3.8, 4) is 11.5 Å². The number of amides is 2. The van der Waals surface area contributed by atoms with Gasteiger partial charge in [-0.3, -0.25) is 14.5 Å². The summed E-state index contributed by atoms with van der Waals surface area (Å²) in [4.78, 5) is 26.4. The first-order valence-corrected chi connectivity index (χ1v) is 9.14. The van der Waals surface area contributed by atoms with E-state index in [1.165, 1.54) is 19.2 Å². The van der Waals surface area contributed by atoms with Crippen molar-refractivity contribution in [1.82, 2.24) is 4.90 Å². The minimum absolute atomic E-state index is 0.0959. The zero-order chi connectivity index (χ0) is 19.4. The molecule has 1 aliphatic heterocycles. The smallest absolute Gasteiger partial charge is 0.293 e. The van der Waals surface area contributed by atoms with Crippen molar-refractivity contribution in [3.63, 3.8) is 0 Å². The zero-order valence-corrected chi connectivity index (χ0v) is 15.7. The largest absolute Gasteiger partial charge is 0.493 e. The Labute approximate surface area is 160 Å². The number of hydrogen-bond acceptors (Lipinski definition) is 5. The second-order valence-corrected chi connectivity index (χ2v) is 6.70. The predicted octanol–water partition coefficient (Wildman–Crippen LogP) is 4.47. The molecule has 0 N–H and O–H groups in total. The molecule has 1 saturated heterocycles. The van der Waals surface area contributed by atoms with Crippen LogP contribution >= 0.6 is 11.8 Å². The summed E-state index contributed by atoms with van der Waals surface area (Å²) in [5.74, 6) is 0.317. The number of thioether (sulfide) groups is 1. The van der Waals surface area contributed by atoms with Gasteiger partial charge in [-0.1, -0.05) is 24.3 Å². The maximum Gasteiger partial charge on any atom is 0.293 e. The molecule has 1 heterocycles. The fourth-order valence-electron chi connectivity index (χ4n) is 2.66. The average Bonchev–Trinajstić information content (AvgIpc) is 2.92. The molecule has 2 aromatic carbocycles. The van der Waals surface area contributed by atoms with E-state index in [9.17, 15) is 14.0 Å². The maximum atomic E-state index is 13.0. The van der Waals surface area contributed by atoms with Gasteiger partial charge in [0.1, 0.15) is 5.82 Å². The lowest BCUT2D eigenvalue weighted by Crippen LogP contribution is -2.27. The van der Waals surface area contributed by atoms with Crippen molar-refractivity contribution >= 4 is 29.0 Å². The van der Waals surface area contributed by atoms with Crippen LogP contribution in [0.4, 0.5) is 9.18 Å². The number of halogens is 1. The van der Waals surface area contributed by atoms with Crippen LogP contribution in [0.15, 0.2) is 47.4 Å². The molecule has 0 spiro atoms. The summed E-state index contributed by atoms with van der Waals surface area (Å²) in [7, 11) is 1.54. The van der Waals surface area contributed by atoms with Gasteiger partial charge < -0.3 is 9.47 Å². The number of imide groups is 1. The van der Waals surface area contributed by atoms with Crippen LogP contribution in [0.2, 0.25) is 0 Å². The molecule has 3 rings (SSSR count). The van der Waals surface area contributed by atoms with Gasteiger partial charge in [0, 0.05) is 5.56 Å². The van der Waals surface area contributed by atoms with E-state index in [4.69, 9.17) is 9.47 Å². The summed E-state index contributed by atoms with van der Waals surface area (Å²) in [5, 5.41) is -0.364. The molecule has 0 bridgehead atoms. The van der Waals surface area contributed by atoms with E-state index in [2.05, 4.69) is 0 Å². The summed E-state index contributed by atoms with van der Waals surface area (Å²) in [6, 6.07) is 11.1. The fourth-order valence-corrected chi connectivity index (χ4v) is 3.49. The first-order valence-electron chi connectivity index (χ1n) is 8.33. The molecule has 0 unspecified atom stereocenters. The first-order chi connectivity index (χ1) is 13.0. The lowest BCUT2D eigenvalue weighted by molar-refractivity contribution is -0.123. The topological polar surface area (TPSA) is 55.8 Å². The molecule has 0 aromatic heterocycles. The van der Waals surface area contributed by atoms with Gasteiger partial charge in [0.05, 0.1) is 25.2 Å². The molecule has 0 aliphatic carbocycles. The van der Waals surface area contributed by atoms with E-state index >= 15 is 0 Å². The van der Waals surface area contributed by atoms with Crippen LogP contribution in [0.5, 0.6) is 11.5 Å². The monoisotopic (exact) mass is 387 g/mol. The highest BCUT2D eigenvalue weighted by Gasteiger charge is 2.35. The Kier molecular flexibility index (Phi) is 5.81. The van der Waals surface area contributed by atoms with Crippen LogP contribution in [-0.2, 0) is 11.3 Å². The number of nitrogens with zero attached hydrogens (tertiary/aromatic N) is 1. The van der Waals surface area contributed by atoms with Crippen molar-refractivity contribution < 1.29 is 23.5 Å². The zero-order valence-electron chi connectivity index (χ0n) is 14.9. The van der Waals surface area contributed by atoms with E-state index in [0.717, 1.165) is 16.7 Å². The minimum atomic E-state index is -0.389. The van der Waals surface area contributed by atoms with E-state index < -0.39 is 0 Å². The Morgan fingerprint density at radius 1 is 1.15 bits per heavy atom. The number of para-hydroxylation sites is 1. The molecular formula is C20H18FNO4S. The van der Waals surface area contributed by atoms with Crippen LogP contribution < -0.4 is 9.47 Å². The molecule has 1 fully saturated rings. The van der Waals surface area contributed by atoms with Crippen LogP contribution in [0.3, 0.4) is 0 Å². The summed E-state index contributed by atoms with van der Waals surface area (Å²) in [6.07, 6.45) is 1.63. The molecule has 5 nitrogen and oxygen atoms in total. The lowest BCUT2D eigenvalue weighted by Gasteiger charge is -2.13. The lowest BCUT2D eigenvalue weighted by atomic mass is 10.1. The SMILES string of the molecule is CCOc1c(/C=C2/SC(=O)N(Cc3ccc(F)cc3)C2=O)cccc1OC. The molecule has 140 valence electrons. The highest BCUT2D eigenvalue weighted by molar-refractivity contribution is 8.18. The number of methoxy groups -OCH3 is 1. The van der Waals surface area contributed by atoms with E-state index in [-0.39, 0.29) is 23.5 Å². The highest BCUT2D eigenvalue weighted by atomic mass is 32.2.